The van der Waals surface area contributed by atoms with Gasteiger partial charge in [0.1, 0.15) is 0 Å². The van der Waals surface area contributed by atoms with E-state index in [2.05, 4.69) is 67.8 Å². The second-order valence-corrected chi connectivity index (χ2v) is 18.9. The molecule has 0 spiro atoms. The zero-order valence-electron chi connectivity index (χ0n) is 43.0. The van der Waals surface area contributed by atoms with E-state index in [-0.39, 0.29) is 18.5 Å². The van der Waals surface area contributed by atoms with Gasteiger partial charge in [-0.2, -0.15) is 0 Å². The number of nitrogens with one attached hydrogen (secondary N) is 1. The molecule has 0 saturated heterocycles. The summed E-state index contributed by atoms with van der Waals surface area (Å²) in [5.74, 6) is -0.116. The van der Waals surface area contributed by atoms with Crippen LogP contribution >= 0.6 is 0 Å². The molecular formula is C59H107NO5. The highest BCUT2D eigenvalue weighted by molar-refractivity contribution is 5.76. The lowest BCUT2D eigenvalue weighted by atomic mass is 10.0. The van der Waals surface area contributed by atoms with E-state index in [0.29, 0.717) is 19.4 Å². The molecule has 6 heteroatoms. The van der Waals surface area contributed by atoms with Gasteiger partial charge in [-0.3, -0.25) is 9.59 Å². The maximum Gasteiger partial charge on any atom is 0.305 e. The summed E-state index contributed by atoms with van der Waals surface area (Å²) >= 11 is 0. The van der Waals surface area contributed by atoms with E-state index in [0.717, 1.165) is 96.3 Å². The third-order valence-corrected chi connectivity index (χ3v) is 12.5. The monoisotopic (exact) mass is 910 g/mol. The lowest BCUT2D eigenvalue weighted by Gasteiger charge is -2.20. The fourth-order valence-electron chi connectivity index (χ4n) is 8.16. The first-order valence-electron chi connectivity index (χ1n) is 28.1. The highest BCUT2D eigenvalue weighted by Gasteiger charge is 2.18. The fraction of sp³-hybridized carbons (Fsp3) is 0.797. The first kappa shape index (κ1) is 62.6. The lowest BCUT2D eigenvalue weighted by Crippen LogP contribution is -2.45. The predicted octanol–water partition coefficient (Wildman–Crippen LogP) is 17.2. The van der Waals surface area contributed by atoms with Gasteiger partial charge in [-0.15, -0.1) is 0 Å². The predicted molar refractivity (Wildman–Crippen MR) is 282 cm³/mol. The second kappa shape index (κ2) is 54.2. The summed E-state index contributed by atoms with van der Waals surface area (Å²) in [6, 6.07) is -0.642. The summed E-state index contributed by atoms with van der Waals surface area (Å²) in [6.07, 6.45) is 69.4. The van der Waals surface area contributed by atoms with Crippen LogP contribution in [0.15, 0.2) is 60.8 Å². The molecule has 2 unspecified atom stereocenters. The second-order valence-electron chi connectivity index (χ2n) is 18.9. The average Bonchev–Trinajstić information content (AvgIpc) is 3.31. The van der Waals surface area contributed by atoms with Crippen molar-refractivity contribution in [1.29, 1.82) is 0 Å². The van der Waals surface area contributed by atoms with Crippen molar-refractivity contribution < 1.29 is 24.5 Å². The Morgan fingerprint density at radius 1 is 0.431 bits per heavy atom. The van der Waals surface area contributed by atoms with Crippen molar-refractivity contribution in [3.63, 3.8) is 0 Å². The lowest BCUT2D eigenvalue weighted by molar-refractivity contribution is -0.143. The molecule has 65 heavy (non-hydrogen) atoms. The van der Waals surface area contributed by atoms with Crippen LogP contribution in [0.4, 0.5) is 0 Å². The van der Waals surface area contributed by atoms with Gasteiger partial charge in [0, 0.05) is 12.8 Å². The molecule has 0 rings (SSSR count). The fourth-order valence-corrected chi connectivity index (χ4v) is 8.16. The van der Waals surface area contributed by atoms with Crippen LogP contribution in [0.5, 0.6) is 0 Å². The van der Waals surface area contributed by atoms with Gasteiger partial charge in [0.2, 0.25) is 5.91 Å². The standard InChI is InChI=1S/C59H107NO5/c1-3-5-7-9-11-13-15-17-19-24-27-31-35-39-43-47-51-57(62)56(55-61)60-58(63)52-48-44-40-36-32-28-25-21-20-22-26-30-34-38-42-46-50-54-65-59(64)53-49-45-41-37-33-29-23-18-16-14-12-10-8-6-4-2/h12,14,18,20,22-23,30,34,47,51,56-57,61-62H,3-11,13,15-17,19,21,24-29,31-33,35-46,48-50,52-55H2,1-2H3,(H,60,63)/b14-12-,22-20-,23-18-,34-30-,51-47+. The van der Waals surface area contributed by atoms with E-state index < -0.39 is 12.1 Å². The van der Waals surface area contributed by atoms with Crippen LogP contribution < -0.4 is 5.32 Å². The Bertz CT molecular complexity index is 1140. The molecule has 0 radical (unpaired) electrons. The highest BCUT2D eigenvalue weighted by atomic mass is 16.5. The molecular weight excluding hydrogens is 803 g/mol. The number of unbranched alkanes of at least 4 members (excludes halogenated alkanes) is 32. The van der Waals surface area contributed by atoms with Gasteiger partial charge in [0.05, 0.1) is 25.4 Å². The average molecular weight is 911 g/mol. The van der Waals surface area contributed by atoms with Crippen LogP contribution in [0.2, 0.25) is 0 Å². The minimum Gasteiger partial charge on any atom is -0.466 e. The number of carbonyl (C=O) groups excluding carboxylic acids is 2. The SMILES string of the molecule is CCCCC/C=C\C/C=C\CCCCCCCC(=O)OCCCCC/C=C\C/C=C\CCCCCCCCCC(=O)NC(CO)C(O)/C=C/CCCCCCCCCCCCCCCC. The van der Waals surface area contributed by atoms with E-state index in [1.54, 1.807) is 6.08 Å². The van der Waals surface area contributed by atoms with Gasteiger partial charge in [0.25, 0.3) is 0 Å². The van der Waals surface area contributed by atoms with E-state index in [4.69, 9.17) is 4.74 Å². The molecule has 0 aliphatic heterocycles. The van der Waals surface area contributed by atoms with Crippen LogP contribution in [0.1, 0.15) is 277 Å². The molecule has 0 aromatic rings. The number of carbonyl (C=O) groups is 2. The maximum absolute atomic E-state index is 12.4. The molecule has 6 nitrogen and oxygen atoms in total. The van der Waals surface area contributed by atoms with Gasteiger partial charge in [-0.05, 0) is 103 Å². The number of allylic oxidation sites excluding steroid dienone is 9. The summed E-state index contributed by atoms with van der Waals surface area (Å²) in [5, 5.41) is 23.1. The first-order valence-corrected chi connectivity index (χ1v) is 28.1. The van der Waals surface area contributed by atoms with E-state index in [1.165, 1.54) is 154 Å². The zero-order chi connectivity index (χ0) is 47.2. The largest absolute Gasteiger partial charge is 0.466 e. The summed E-state index contributed by atoms with van der Waals surface area (Å²) in [6.45, 7) is 4.82. The number of aliphatic hydroxyl groups excluding tert-OH is 2. The van der Waals surface area contributed by atoms with E-state index in [1.807, 2.05) is 6.08 Å². The molecule has 0 saturated carbocycles. The maximum atomic E-state index is 12.4. The molecule has 0 heterocycles. The number of rotatable bonds is 51. The number of ether oxygens (including phenoxy) is 1. The molecule has 378 valence electrons. The molecule has 2 atom stereocenters. The Hall–Kier alpha value is -2.44. The van der Waals surface area contributed by atoms with Crippen molar-refractivity contribution in [2.75, 3.05) is 13.2 Å². The topological polar surface area (TPSA) is 95.9 Å². The summed E-state index contributed by atoms with van der Waals surface area (Å²) < 4.78 is 5.44. The number of hydrogen-bond donors (Lipinski definition) is 3. The van der Waals surface area contributed by atoms with Crippen molar-refractivity contribution in [2.24, 2.45) is 0 Å². The summed E-state index contributed by atoms with van der Waals surface area (Å²) in [4.78, 5) is 24.5. The van der Waals surface area contributed by atoms with Crippen molar-refractivity contribution in [3.8, 4) is 0 Å². The van der Waals surface area contributed by atoms with Crippen molar-refractivity contribution in [3.05, 3.63) is 60.8 Å². The third kappa shape index (κ3) is 50.8. The smallest absolute Gasteiger partial charge is 0.305 e. The number of esters is 1. The molecule has 0 aliphatic carbocycles. The van der Waals surface area contributed by atoms with Crippen LogP contribution in [-0.4, -0.2) is 47.4 Å². The van der Waals surface area contributed by atoms with Gasteiger partial charge < -0.3 is 20.3 Å². The Balaban J connectivity index is 3.55. The summed E-state index contributed by atoms with van der Waals surface area (Å²) in [5.41, 5.74) is 0. The molecule has 0 aromatic heterocycles. The first-order chi connectivity index (χ1) is 32.0. The Morgan fingerprint density at radius 3 is 1.20 bits per heavy atom. The Kier molecular flexibility index (Phi) is 52.1. The van der Waals surface area contributed by atoms with Gasteiger partial charge in [0.15, 0.2) is 0 Å². The van der Waals surface area contributed by atoms with Crippen LogP contribution in [-0.2, 0) is 14.3 Å². The van der Waals surface area contributed by atoms with Crippen LogP contribution in [0, 0.1) is 0 Å². The quantitative estimate of drug-likeness (QED) is 0.0321. The highest BCUT2D eigenvalue weighted by Crippen LogP contribution is 2.15. The molecule has 0 bridgehead atoms. The number of amides is 1. The Morgan fingerprint density at radius 2 is 0.769 bits per heavy atom. The van der Waals surface area contributed by atoms with Gasteiger partial charge in [-0.25, -0.2) is 0 Å². The number of hydrogen-bond acceptors (Lipinski definition) is 5. The van der Waals surface area contributed by atoms with Gasteiger partial charge in [-0.1, -0.05) is 222 Å². The van der Waals surface area contributed by atoms with Crippen LogP contribution in [0.25, 0.3) is 0 Å². The normalized spacial score (nSPS) is 13.1. The molecule has 0 fully saturated rings. The van der Waals surface area contributed by atoms with Crippen molar-refractivity contribution >= 4 is 11.9 Å². The summed E-state index contributed by atoms with van der Waals surface area (Å²) in [7, 11) is 0. The van der Waals surface area contributed by atoms with Crippen molar-refractivity contribution in [2.45, 2.75) is 289 Å². The minimum atomic E-state index is -0.857. The Labute approximate surface area is 403 Å². The minimum absolute atomic E-state index is 0.0313. The van der Waals surface area contributed by atoms with Crippen molar-refractivity contribution in [1.82, 2.24) is 5.32 Å². The zero-order valence-corrected chi connectivity index (χ0v) is 43.0. The molecule has 0 aromatic carbocycles. The van der Waals surface area contributed by atoms with E-state index >= 15 is 0 Å². The van der Waals surface area contributed by atoms with Crippen LogP contribution in [0.3, 0.4) is 0 Å². The van der Waals surface area contributed by atoms with E-state index in [9.17, 15) is 19.8 Å². The number of aliphatic hydroxyl groups is 2. The molecule has 1 amide bonds. The third-order valence-electron chi connectivity index (χ3n) is 12.5. The molecule has 3 N–H and O–H groups in total. The van der Waals surface area contributed by atoms with Gasteiger partial charge >= 0.3 is 5.97 Å². The molecule has 0 aliphatic rings.